The summed E-state index contributed by atoms with van der Waals surface area (Å²) >= 11 is 1.50. The quantitative estimate of drug-likeness (QED) is 0.377. The second kappa shape index (κ2) is 10.8. The van der Waals surface area contributed by atoms with Gasteiger partial charge in [-0.1, -0.05) is 70.4 Å². The molecule has 5 nitrogen and oxygen atoms in total. The fourth-order valence-corrected chi connectivity index (χ4v) is 6.46. The van der Waals surface area contributed by atoms with E-state index in [1.54, 1.807) is 4.90 Å². The van der Waals surface area contributed by atoms with Crippen molar-refractivity contribution in [2.24, 2.45) is 0 Å². The van der Waals surface area contributed by atoms with Crippen LogP contribution < -0.4 is 10.2 Å². The lowest BCUT2D eigenvalue weighted by molar-refractivity contribution is -0.126. The smallest absolute Gasteiger partial charge is 0.254 e. The Labute approximate surface area is 224 Å². The minimum atomic E-state index is -0.825. The summed E-state index contributed by atoms with van der Waals surface area (Å²) in [4.78, 5) is 34.8. The largest absolute Gasteiger partial charge is 0.351 e. The summed E-state index contributed by atoms with van der Waals surface area (Å²) in [7, 11) is 0. The fraction of sp³-hybridized carbons (Fsp3) is 0.452. The maximum Gasteiger partial charge on any atom is 0.254 e. The van der Waals surface area contributed by atoms with Crippen LogP contribution in [0.4, 0.5) is 5.69 Å². The van der Waals surface area contributed by atoms with E-state index in [2.05, 4.69) is 38.2 Å². The first-order chi connectivity index (χ1) is 17.8. The Hall–Kier alpha value is -2.99. The van der Waals surface area contributed by atoms with Crippen LogP contribution in [0.3, 0.4) is 0 Å². The average Bonchev–Trinajstić information content (AvgIpc) is 3.57. The summed E-state index contributed by atoms with van der Waals surface area (Å²) in [6.07, 6.45) is 10.1. The number of benzene rings is 2. The van der Waals surface area contributed by atoms with Gasteiger partial charge in [0.2, 0.25) is 0 Å². The van der Waals surface area contributed by atoms with Gasteiger partial charge in [-0.05, 0) is 67.3 Å². The molecule has 194 valence electrons. The first-order valence-electron chi connectivity index (χ1n) is 13.6. The van der Waals surface area contributed by atoms with E-state index in [9.17, 15) is 9.59 Å². The predicted octanol–water partition coefficient (Wildman–Crippen LogP) is 7.23. The van der Waals surface area contributed by atoms with Crippen LogP contribution in [0.5, 0.6) is 0 Å². The number of para-hydroxylation sites is 1. The molecule has 1 aromatic heterocycles. The van der Waals surface area contributed by atoms with Crippen LogP contribution in [-0.2, 0) is 15.0 Å². The number of nitrogens with zero attached hydrogens (tertiary/aromatic N) is 2. The monoisotopic (exact) mass is 515 g/mol. The number of allylic oxidation sites excluding steroid dienone is 1. The molecule has 1 N–H and O–H groups in total. The lowest BCUT2D eigenvalue weighted by Gasteiger charge is -2.33. The molecule has 2 aliphatic carbocycles. The van der Waals surface area contributed by atoms with Gasteiger partial charge in [0, 0.05) is 17.3 Å². The molecule has 0 aliphatic heterocycles. The zero-order valence-corrected chi connectivity index (χ0v) is 22.9. The molecule has 37 heavy (non-hydrogen) atoms. The van der Waals surface area contributed by atoms with Crippen LogP contribution in [0.25, 0.3) is 10.2 Å². The van der Waals surface area contributed by atoms with Crippen molar-refractivity contribution in [1.29, 1.82) is 0 Å². The molecule has 2 aliphatic rings. The molecule has 1 atom stereocenters. The zero-order chi connectivity index (χ0) is 26.0. The van der Waals surface area contributed by atoms with Gasteiger partial charge in [0.1, 0.15) is 5.01 Å². The van der Waals surface area contributed by atoms with E-state index < -0.39 is 6.04 Å². The molecule has 5 rings (SSSR count). The van der Waals surface area contributed by atoms with Crippen molar-refractivity contribution in [3.63, 3.8) is 0 Å². The van der Waals surface area contributed by atoms with Crippen molar-refractivity contribution in [2.75, 3.05) is 4.90 Å². The molecule has 1 unspecified atom stereocenters. The van der Waals surface area contributed by atoms with Crippen molar-refractivity contribution < 1.29 is 9.59 Å². The van der Waals surface area contributed by atoms with Crippen LogP contribution in [0.2, 0.25) is 0 Å². The summed E-state index contributed by atoms with van der Waals surface area (Å²) in [5.74, 6) is -0.234. The van der Waals surface area contributed by atoms with Gasteiger partial charge in [-0.3, -0.25) is 14.5 Å². The second-order valence-corrected chi connectivity index (χ2v) is 12.4. The van der Waals surface area contributed by atoms with Crippen LogP contribution in [0.1, 0.15) is 88.8 Å². The van der Waals surface area contributed by atoms with Gasteiger partial charge in [0.15, 0.2) is 6.04 Å². The van der Waals surface area contributed by atoms with Crippen LogP contribution in [0, 0.1) is 0 Å². The van der Waals surface area contributed by atoms with E-state index >= 15 is 0 Å². The molecule has 0 bridgehead atoms. The number of hydrogen-bond acceptors (Lipinski definition) is 4. The lowest BCUT2D eigenvalue weighted by atomic mass is 9.87. The first kappa shape index (κ1) is 25.7. The molecule has 1 heterocycles. The maximum atomic E-state index is 14.1. The van der Waals surface area contributed by atoms with E-state index in [1.165, 1.54) is 23.3 Å². The van der Waals surface area contributed by atoms with E-state index in [0.717, 1.165) is 66.4 Å². The second-order valence-electron chi connectivity index (χ2n) is 11.4. The van der Waals surface area contributed by atoms with Crippen LogP contribution in [-0.4, -0.2) is 22.8 Å². The highest BCUT2D eigenvalue weighted by atomic mass is 32.1. The molecule has 2 aromatic carbocycles. The Morgan fingerprint density at radius 3 is 2.38 bits per heavy atom. The molecule has 1 fully saturated rings. The minimum absolute atomic E-state index is 0.00780. The third-order valence-corrected chi connectivity index (χ3v) is 8.64. The van der Waals surface area contributed by atoms with Gasteiger partial charge in [0.25, 0.3) is 11.8 Å². The number of rotatable bonds is 6. The van der Waals surface area contributed by atoms with Crippen LogP contribution in [0.15, 0.2) is 60.2 Å². The summed E-state index contributed by atoms with van der Waals surface area (Å²) in [5, 5.41) is 3.96. The normalized spacial score (nSPS) is 17.4. The Bertz CT molecular complexity index is 1260. The SMILES string of the molecule is CC(C)(C)c1ccc(N(C(=O)C2=CCCC2)C(C(=O)NC2CCCCC2)c2nc3ccccc3s2)cc1. The minimum Gasteiger partial charge on any atom is -0.351 e. The molecule has 0 saturated heterocycles. The Morgan fingerprint density at radius 1 is 1.00 bits per heavy atom. The Balaban J connectivity index is 1.60. The van der Waals surface area contributed by atoms with Crippen molar-refractivity contribution in [3.8, 4) is 0 Å². The van der Waals surface area contributed by atoms with E-state index in [4.69, 9.17) is 4.98 Å². The highest BCUT2D eigenvalue weighted by molar-refractivity contribution is 7.18. The number of carbonyl (C=O) groups excluding carboxylic acids is 2. The molecule has 6 heteroatoms. The highest BCUT2D eigenvalue weighted by Gasteiger charge is 2.38. The topological polar surface area (TPSA) is 62.3 Å². The summed E-state index contributed by atoms with van der Waals surface area (Å²) in [5.41, 5.74) is 3.55. The van der Waals surface area contributed by atoms with Crippen molar-refractivity contribution >= 4 is 39.1 Å². The summed E-state index contributed by atoms with van der Waals surface area (Å²) in [6.45, 7) is 6.53. The highest BCUT2D eigenvalue weighted by Crippen LogP contribution is 2.37. The number of aromatic nitrogens is 1. The number of amides is 2. The fourth-order valence-electron chi connectivity index (χ4n) is 5.40. The molecule has 0 spiro atoms. The number of hydrogen-bond donors (Lipinski definition) is 1. The standard InChI is InChI=1S/C31H37N3O2S/c1-31(2,3)22-17-19-24(20-18-22)34(30(36)21-11-7-8-12-21)27(28(35)32-23-13-5-4-6-14-23)29-33-25-15-9-10-16-26(25)37-29/h9-11,15-20,23,27H,4-8,12-14H2,1-3H3,(H,32,35). The molecular weight excluding hydrogens is 478 g/mol. The van der Waals surface area contributed by atoms with Gasteiger partial charge in [-0.2, -0.15) is 0 Å². The van der Waals surface area contributed by atoms with E-state index in [-0.39, 0.29) is 23.3 Å². The first-order valence-corrected chi connectivity index (χ1v) is 14.4. The molecule has 2 amide bonds. The van der Waals surface area contributed by atoms with Crippen molar-refractivity contribution in [3.05, 3.63) is 70.8 Å². The van der Waals surface area contributed by atoms with E-state index in [1.807, 2.05) is 42.5 Å². The summed E-state index contributed by atoms with van der Waals surface area (Å²) < 4.78 is 1.02. The maximum absolute atomic E-state index is 14.1. The average molecular weight is 516 g/mol. The van der Waals surface area contributed by atoms with Crippen molar-refractivity contribution in [2.45, 2.75) is 89.6 Å². The van der Waals surface area contributed by atoms with Gasteiger partial charge in [-0.15, -0.1) is 11.3 Å². The van der Waals surface area contributed by atoms with Gasteiger partial charge < -0.3 is 5.32 Å². The Morgan fingerprint density at radius 2 is 1.73 bits per heavy atom. The zero-order valence-electron chi connectivity index (χ0n) is 22.1. The van der Waals surface area contributed by atoms with Crippen molar-refractivity contribution in [1.82, 2.24) is 10.3 Å². The molecule has 1 saturated carbocycles. The number of thiazole rings is 1. The molecule has 0 radical (unpaired) electrons. The third-order valence-electron chi connectivity index (χ3n) is 7.55. The number of anilines is 1. The number of fused-ring (bicyclic) bond motifs is 1. The van der Waals surface area contributed by atoms with Gasteiger partial charge in [-0.25, -0.2) is 4.98 Å². The van der Waals surface area contributed by atoms with Gasteiger partial charge >= 0.3 is 0 Å². The predicted molar refractivity (Wildman–Crippen MR) is 152 cm³/mol. The molecular formula is C31H37N3O2S. The van der Waals surface area contributed by atoms with Crippen LogP contribution >= 0.6 is 11.3 Å². The van der Waals surface area contributed by atoms with E-state index in [0.29, 0.717) is 5.01 Å². The molecule has 3 aromatic rings. The Kier molecular flexibility index (Phi) is 7.47. The van der Waals surface area contributed by atoms with Gasteiger partial charge in [0.05, 0.1) is 10.2 Å². The number of nitrogens with one attached hydrogen (secondary N) is 1. The summed E-state index contributed by atoms with van der Waals surface area (Å²) in [6, 6.07) is 15.4. The lowest BCUT2D eigenvalue weighted by Crippen LogP contribution is -2.47. The third kappa shape index (κ3) is 5.64. The number of carbonyl (C=O) groups is 2.